The maximum absolute atomic E-state index is 5.59. The predicted molar refractivity (Wildman–Crippen MR) is 90.0 cm³/mol. The van der Waals surface area contributed by atoms with E-state index in [2.05, 4.69) is 49.3 Å². The van der Waals surface area contributed by atoms with E-state index in [0.717, 1.165) is 32.7 Å². The van der Waals surface area contributed by atoms with Crippen molar-refractivity contribution in [2.24, 2.45) is 5.92 Å². The van der Waals surface area contributed by atoms with E-state index < -0.39 is 0 Å². The molecular weight excluding hydrogens is 260 g/mol. The van der Waals surface area contributed by atoms with Crippen molar-refractivity contribution >= 4 is 5.69 Å². The first kappa shape index (κ1) is 16.3. The number of nitrogens with zero attached hydrogens (tertiary/aromatic N) is 1. The van der Waals surface area contributed by atoms with Crippen LogP contribution in [0.2, 0.25) is 0 Å². The van der Waals surface area contributed by atoms with E-state index in [1.165, 1.54) is 36.2 Å². The molecule has 0 amide bonds. The smallest absolute Gasteiger partial charge is 0.0489 e. The minimum absolute atomic E-state index is 0.631. The Morgan fingerprint density at radius 2 is 2.19 bits per heavy atom. The standard InChI is InChI=1S/C18H30N2O/c1-15(2)14-21-11-5-9-19-13-16-7-8-18-17(12-16)6-4-10-20(18)3/h7-8,12,15,19H,4-6,9-11,13-14H2,1-3H3. The molecule has 0 saturated carbocycles. The van der Waals surface area contributed by atoms with Crippen LogP contribution >= 0.6 is 0 Å². The molecule has 0 fully saturated rings. The van der Waals surface area contributed by atoms with Gasteiger partial charge in [-0.1, -0.05) is 26.0 Å². The summed E-state index contributed by atoms with van der Waals surface area (Å²) in [6.07, 6.45) is 3.57. The molecule has 0 aliphatic carbocycles. The molecule has 0 aromatic heterocycles. The van der Waals surface area contributed by atoms with Crippen LogP contribution in [0, 0.1) is 5.92 Å². The van der Waals surface area contributed by atoms with Crippen LogP contribution < -0.4 is 10.2 Å². The number of rotatable bonds is 8. The average Bonchev–Trinajstić information content (AvgIpc) is 2.46. The van der Waals surface area contributed by atoms with E-state index in [1.807, 2.05) is 0 Å². The lowest BCUT2D eigenvalue weighted by molar-refractivity contribution is 0.108. The van der Waals surface area contributed by atoms with E-state index in [4.69, 9.17) is 4.74 Å². The number of ether oxygens (including phenoxy) is 1. The molecule has 1 aliphatic heterocycles. The Morgan fingerprint density at radius 1 is 1.33 bits per heavy atom. The number of aryl methyl sites for hydroxylation is 1. The molecule has 1 aliphatic rings. The Labute approximate surface area is 129 Å². The molecule has 2 rings (SSSR count). The van der Waals surface area contributed by atoms with Gasteiger partial charge in [-0.2, -0.15) is 0 Å². The van der Waals surface area contributed by atoms with Gasteiger partial charge in [-0.05, 0) is 48.9 Å². The van der Waals surface area contributed by atoms with Gasteiger partial charge in [0.25, 0.3) is 0 Å². The molecule has 0 radical (unpaired) electrons. The fourth-order valence-electron chi connectivity index (χ4n) is 2.80. The molecule has 1 aromatic carbocycles. The number of benzene rings is 1. The second kappa shape index (κ2) is 8.40. The Hall–Kier alpha value is -1.06. The number of fused-ring (bicyclic) bond motifs is 1. The second-order valence-corrected chi connectivity index (χ2v) is 6.49. The molecule has 118 valence electrons. The molecular formula is C18H30N2O. The zero-order chi connectivity index (χ0) is 15.1. The summed E-state index contributed by atoms with van der Waals surface area (Å²) in [7, 11) is 2.19. The molecule has 0 atom stereocenters. The summed E-state index contributed by atoms with van der Waals surface area (Å²) < 4.78 is 5.59. The van der Waals surface area contributed by atoms with Gasteiger partial charge < -0.3 is 15.0 Å². The first-order valence-corrected chi connectivity index (χ1v) is 8.28. The van der Waals surface area contributed by atoms with Crippen molar-refractivity contribution in [2.75, 3.05) is 38.3 Å². The van der Waals surface area contributed by atoms with Crippen LogP contribution in [0.25, 0.3) is 0 Å². The third-order valence-corrected chi connectivity index (χ3v) is 3.92. The molecule has 3 nitrogen and oxygen atoms in total. The Bertz CT molecular complexity index is 431. The number of nitrogens with one attached hydrogen (secondary N) is 1. The highest BCUT2D eigenvalue weighted by atomic mass is 16.5. The Balaban J connectivity index is 1.67. The van der Waals surface area contributed by atoms with Crippen LogP contribution in [-0.2, 0) is 17.7 Å². The van der Waals surface area contributed by atoms with Gasteiger partial charge in [0.05, 0.1) is 0 Å². The lowest BCUT2D eigenvalue weighted by Crippen LogP contribution is -2.25. The average molecular weight is 290 g/mol. The largest absolute Gasteiger partial charge is 0.381 e. The first-order chi connectivity index (χ1) is 10.2. The third-order valence-electron chi connectivity index (χ3n) is 3.92. The van der Waals surface area contributed by atoms with Crippen molar-refractivity contribution in [2.45, 2.75) is 39.7 Å². The van der Waals surface area contributed by atoms with E-state index in [9.17, 15) is 0 Å². The lowest BCUT2D eigenvalue weighted by atomic mass is 9.99. The minimum Gasteiger partial charge on any atom is -0.381 e. The van der Waals surface area contributed by atoms with Gasteiger partial charge in [0, 0.05) is 39.0 Å². The summed E-state index contributed by atoms with van der Waals surface area (Å²) in [5.74, 6) is 0.631. The van der Waals surface area contributed by atoms with Gasteiger partial charge in [-0.25, -0.2) is 0 Å². The van der Waals surface area contributed by atoms with Crippen LogP contribution in [0.4, 0.5) is 5.69 Å². The molecule has 3 heteroatoms. The highest BCUT2D eigenvalue weighted by molar-refractivity contribution is 5.56. The van der Waals surface area contributed by atoms with Crippen LogP contribution in [0.1, 0.15) is 37.8 Å². The van der Waals surface area contributed by atoms with Crippen LogP contribution in [0.3, 0.4) is 0 Å². The highest BCUT2D eigenvalue weighted by Gasteiger charge is 2.13. The van der Waals surface area contributed by atoms with Crippen molar-refractivity contribution < 1.29 is 4.74 Å². The van der Waals surface area contributed by atoms with Gasteiger partial charge >= 0.3 is 0 Å². The molecule has 1 N–H and O–H groups in total. The van der Waals surface area contributed by atoms with E-state index in [0.29, 0.717) is 5.92 Å². The van der Waals surface area contributed by atoms with Gasteiger partial charge in [0.15, 0.2) is 0 Å². The summed E-state index contributed by atoms with van der Waals surface area (Å²) in [4.78, 5) is 2.36. The number of anilines is 1. The number of hydrogen-bond donors (Lipinski definition) is 1. The molecule has 1 heterocycles. The monoisotopic (exact) mass is 290 g/mol. The van der Waals surface area contributed by atoms with Gasteiger partial charge in [0.2, 0.25) is 0 Å². The van der Waals surface area contributed by atoms with E-state index in [1.54, 1.807) is 0 Å². The summed E-state index contributed by atoms with van der Waals surface area (Å²) in [6.45, 7) is 9.27. The topological polar surface area (TPSA) is 24.5 Å². The van der Waals surface area contributed by atoms with Crippen molar-refractivity contribution in [1.29, 1.82) is 0 Å². The third kappa shape index (κ3) is 5.33. The van der Waals surface area contributed by atoms with Crippen LogP contribution in [0.5, 0.6) is 0 Å². The summed E-state index contributed by atoms with van der Waals surface area (Å²) >= 11 is 0. The zero-order valence-corrected chi connectivity index (χ0v) is 13.8. The molecule has 1 aromatic rings. The molecule has 0 unspecified atom stereocenters. The predicted octanol–water partition coefficient (Wildman–Crippen LogP) is 3.22. The fraction of sp³-hybridized carbons (Fsp3) is 0.667. The number of hydrogen-bond acceptors (Lipinski definition) is 3. The molecule has 0 bridgehead atoms. The van der Waals surface area contributed by atoms with E-state index in [-0.39, 0.29) is 0 Å². The first-order valence-electron chi connectivity index (χ1n) is 8.28. The van der Waals surface area contributed by atoms with Crippen molar-refractivity contribution in [3.8, 4) is 0 Å². The zero-order valence-electron chi connectivity index (χ0n) is 13.8. The van der Waals surface area contributed by atoms with Gasteiger partial charge in [-0.3, -0.25) is 0 Å². The molecule has 21 heavy (non-hydrogen) atoms. The fourth-order valence-corrected chi connectivity index (χ4v) is 2.80. The second-order valence-electron chi connectivity index (χ2n) is 6.49. The molecule has 0 saturated heterocycles. The normalized spacial score (nSPS) is 14.6. The Morgan fingerprint density at radius 3 is 3.00 bits per heavy atom. The van der Waals surface area contributed by atoms with Crippen molar-refractivity contribution in [3.05, 3.63) is 29.3 Å². The minimum atomic E-state index is 0.631. The maximum atomic E-state index is 5.59. The lowest BCUT2D eigenvalue weighted by Gasteiger charge is -2.27. The summed E-state index contributed by atoms with van der Waals surface area (Å²) in [6, 6.07) is 6.90. The van der Waals surface area contributed by atoms with Crippen molar-refractivity contribution in [3.63, 3.8) is 0 Å². The summed E-state index contributed by atoms with van der Waals surface area (Å²) in [5, 5.41) is 3.51. The van der Waals surface area contributed by atoms with Crippen LogP contribution in [0.15, 0.2) is 18.2 Å². The molecule has 0 spiro atoms. The quantitative estimate of drug-likeness (QED) is 0.744. The Kier molecular flexibility index (Phi) is 6.52. The van der Waals surface area contributed by atoms with Crippen molar-refractivity contribution in [1.82, 2.24) is 5.32 Å². The maximum Gasteiger partial charge on any atom is 0.0489 e. The van der Waals surface area contributed by atoms with E-state index >= 15 is 0 Å². The SMILES string of the molecule is CC(C)COCCCNCc1ccc2c(c1)CCCN2C. The summed E-state index contributed by atoms with van der Waals surface area (Å²) in [5.41, 5.74) is 4.31. The van der Waals surface area contributed by atoms with Gasteiger partial charge in [-0.15, -0.1) is 0 Å². The van der Waals surface area contributed by atoms with Crippen LogP contribution in [-0.4, -0.2) is 33.4 Å². The highest BCUT2D eigenvalue weighted by Crippen LogP contribution is 2.26. The van der Waals surface area contributed by atoms with Gasteiger partial charge in [0.1, 0.15) is 0 Å².